The van der Waals surface area contributed by atoms with Crippen LogP contribution in [-0.4, -0.2) is 29.8 Å². The molecule has 1 amide bonds. The van der Waals surface area contributed by atoms with E-state index in [9.17, 15) is 4.79 Å². The smallest absolute Gasteiger partial charge is 0.399 e. The van der Waals surface area contributed by atoms with Crippen molar-refractivity contribution < 1.29 is 14.1 Å². The minimum Gasteiger partial charge on any atom is -0.399 e. The number of hydrogen-bond donors (Lipinski definition) is 1. The van der Waals surface area contributed by atoms with Crippen LogP contribution in [0.25, 0.3) is 0 Å². The van der Waals surface area contributed by atoms with Crippen LogP contribution < -0.4 is 10.8 Å². The molecule has 0 bridgehead atoms. The molecule has 0 atom stereocenters. The SMILES string of the molecule is CC1(NC(=O)c2ccc(B3OC(C)(C)C(C)(C)O3)cc2Cl)CCC1. The quantitative estimate of drug-likeness (QED) is 0.852. The fraction of sp³-hybridized carbons (Fsp3) is 0.611. The van der Waals surface area contributed by atoms with Gasteiger partial charge >= 0.3 is 7.12 Å². The lowest BCUT2D eigenvalue weighted by atomic mass is 9.78. The Bertz CT molecular complexity index is 654. The van der Waals surface area contributed by atoms with Crippen molar-refractivity contribution in [3.05, 3.63) is 28.8 Å². The van der Waals surface area contributed by atoms with E-state index in [2.05, 4.69) is 12.2 Å². The number of hydrogen-bond acceptors (Lipinski definition) is 3. The molecule has 0 aromatic heterocycles. The molecule has 1 heterocycles. The normalized spacial score (nSPS) is 23.7. The zero-order valence-corrected chi connectivity index (χ0v) is 15.8. The third kappa shape index (κ3) is 3.09. The average Bonchev–Trinajstić information content (AvgIpc) is 2.65. The van der Waals surface area contributed by atoms with E-state index in [-0.39, 0.29) is 11.4 Å². The number of carbonyl (C=O) groups is 1. The van der Waals surface area contributed by atoms with Crippen molar-refractivity contribution in [2.24, 2.45) is 0 Å². The van der Waals surface area contributed by atoms with Crippen molar-refractivity contribution >= 4 is 30.1 Å². The Morgan fingerprint density at radius 3 is 2.17 bits per heavy atom. The molecule has 6 heteroatoms. The first-order valence-electron chi connectivity index (χ1n) is 8.51. The fourth-order valence-corrected chi connectivity index (χ4v) is 3.29. The second kappa shape index (κ2) is 5.75. The first kappa shape index (κ1) is 17.8. The first-order valence-corrected chi connectivity index (χ1v) is 8.88. The van der Waals surface area contributed by atoms with Crippen molar-refractivity contribution in [2.45, 2.75) is 70.6 Å². The molecule has 0 unspecified atom stereocenters. The van der Waals surface area contributed by atoms with Gasteiger partial charge in [0.1, 0.15) is 0 Å². The van der Waals surface area contributed by atoms with Gasteiger partial charge in [-0.25, -0.2) is 0 Å². The summed E-state index contributed by atoms with van der Waals surface area (Å²) in [5, 5.41) is 3.50. The molecule has 3 rings (SSSR count). The van der Waals surface area contributed by atoms with E-state index >= 15 is 0 Å². The van der Waals surface area contributed by atoms with E-state index in [0.29, 0.717) is 10.6 Å². The highest BCUT2D eigenvalue weighted by Crippen LogP contribution is 2.37. The number of rotatable bonds is 3. The van der Waals surface area contributed by atoms with Crippen molar-refractivity contribution in [1.82, 2.24) is 5.32 Å². The molecule has 1 N–H and O–H groups in total. The van der Waals surface area contributed by atoms with Crippen LogP contribution in [0.1, 0.15) is 64.2 Å². The molecule has 1 aromatic rings. The molecule has 0 spiro atoms. The predicted octanol–water partition coefficient (Wildman–Crippen LogP) is 3.31. The lowest BCUT2D eigenvalue weighted by Gasteiger charge is -2.39. The Morgan fingerprint density at radius 2 is 1.71 bits per heavy atom. The van der Waals surface area contributed by atoms with Gasteiger partial charge in [-0.2, -0.15) is 0 Å². The van der Waals surface area contributed by atoms with E-state index in [1.165, 1.54) is 0 Å². The van der Waals surface area contributed by atoms with Crippen molar-refractivity contribution in [3.63, 3.8) is 0 Å². The second-order valence-electron chi connectivity index (χ2n) is 8.20. The van der Waals surface area contributed by atoms with Crippen molar-refractivity contribution in [1.29, 1.82) is 0 Å². The molecule has 1 saturated carbocycles. The Morgan fingerprint density at radius 1 is 1.12 bits per heavy atom. The molecule has 1 aromatic carbocycles. The molecule has 24 heavy (non-hydrogen) atoms. The van der Waals surface area contributed by atoms with Crippen LogP contribution in [0.4, 0.5) is 0 Å². The summed E-state index contributed by atoms with van der Waals surface area (Å²) in [6.07, 6.45) is 3.19. The summed E-state index contributed by atoms with van der Waals surface area (Å²) in [6.45, 7) is 10.1. The van der Waals surface area contributed by atoms with Gasteiger partial charge in [-0.1, -0.05) is 17.7 Å². The number of halogens is 1. The Labute approximate surface area is 149 Å². The lowest BCUT2D eigenvalue weighted by Crippen LogP contribution is -2.51. The third-order valence-corrected chi connectivity index (χ3v) is 5.95. The third-order valence-electron chi connectivity index (χ3n) is 5.64. The zero-order chi connectivity index (χ0) is 17.8. The molecule has 1 saturated heterocycles. The molecule has 1 aliphatic heterocycles. The summed E-state index contributed by atoms with van der Waals surface area (Å²) in [7, 11) is -0.478. The van der Waals surface area contributed by atoms with Gasteiger partial charge in [0.25, 0.3) is 5.91 Å². The molecule has 130 valence electrons. The van der Waals surface area contributed by atoms with Crippen LogP contribution >= 0.6 is 11.6 Å². The summed E-state index contributed by atoms with van der Waals surface area (Å²) in [6, 6.07) is 5.37. The van der Waals surface area contributed by atoms with Crippen molar-refractivity contribution in [2.75, 3.05) is 0 Å². The Hall–Kier alpha value is -1.04. The largest absolute Gasteiger partial charge is 0.494 e. The molecular formula is C18H25BClNO3. The van der Waals surface area contributed by atoms with Crippen LogP contribution in [0.3, 0.4) is 0 Å². The Kier molecular flexibility index (Phi) is 4.26. The topological polar surface area (TPSA) is 47.6 Å². The van der Waals surface area contributed by atoms with E-state index in [1.54, 1.807) is 12.1 Å². The Balaban J connectivity index is 1.77. The number of amides is 1. The van der Waals surface area contributed by atoms with E-state index in [0.717, 1.165) is 24.7 Å². The van der Waals surface area contributed by atoms with E-state index < -0.39 is 18.3 Å². The van der Waals surface area contributed by atoms with Crippen LogP contribution in [0.15, 0.2) is 18.2 Å². The molecule has 2 fully saturated rings. The summed E-state index contributed by atoms with van der Waals surface area (Å²) in [5.41, 5.74) is 0.415. The average molecular weight is 350 g/mol. The fourth-order valence-electron chi connectivity index (χ4n) is 3.01. The van der Waals surface area contributed by atoms with Crippen LogP contribution in [0.2, 0.25) is 5.02 Å². The van der Waals surface area contributed by atoms with Crippen LogP contribution in [-0.2, 0) is 9.31 Å². The molecular weight excluding hydrogens is 324 g/mol. The molecule has 4 nitrogen and oxygen atoms in total. The minimum absolute atomic E-state index is 0.0925. The summed E-state index contributed by atoms with van der Waals surface area (Å²) in [4.78, 5) is 12.5. The number of benzene rings is 1. The maximum absolute atomic E-state index is 12.5. The van der Waals surface area contributed by atoms with E-state index in [4.69, 9.17) is 20.9 Å². The van der Waals surface area contributed by atoms with Crippen LogP contribution in [0.5, 0.6) is 0 Å². The van der Waals surface area contributed by atoms with Gasteiger partial charge in [0.2, 0.25) is 0 Å². The van der Waals surface area contributed by atoms with Gasteiger partial charge < -0.3 is 14.6 Å². The zero-order valence-electron chi connectivity index (χ0n) is 15.0. The predicted molar refractivity (Wildman–Crippen MR) is 96.9 cm³/mol. The van der Waals surface area contributed by atoms with Crippen LogP contribution in [0, 0.1) is 0 Å². The molecule has 0 radical (unpaired) electrons. The highest BCUT2D eigenvalue weighted by Gasteiger charge is 2.51. The second-order valence-corrected chi connectivity index (χ2v) is 8.60. The van der Waals surface area contributed by atoms with Gasteiger partial charge in [-0.05, 0) is 71.5 Å². The molecule has 1 aliphatic carbocycles. The first-order chi connectivity index (χ1) is 11.0. The minimum atomic E-state index is -0.478. The van der Waals surface area contributed by atoms with Gasteiger partial charge in [0.05, 0.1) is 21.8 Å². The van der Waals surface area contributed by atoms with E-state index in [1.807, 2.05) is 33.8 Å². The van der Waals surface area contributed by atoms with Gasteiger partial charge in [-0.15, -0.1) is 0 Å². The maximum atomic E-state index is 12.5. The van der Waals surface area contributed by atoms with Gasteiger partial charge in [-0.3, -0.25) is 4.79 Å². The number of nitrogens with one attached hydrogen (secondary N) is 1. The van der Waals surface area contributed by atoms with Gasteiger partial charge in [0.15, 0.2) is 0 Å². The summed E-state index contributed by atoms with van der Waals surface area (Å²) < 4.78 is 12.1. The lowest BCUT2D eigenvalue weighted by molar-refractivity contribution is 0.00578. The summed E-state index contributed by atoms with van der Waals surface area (Å²) in [5.74, 6) is -0.123. The summed E-state index contributed by atoms with van der Waals surface area (Å²) >= 11 is 6.36. The van der Waals surface area contributed by atoms with Crippen molar-refractivity contribution in [3.8, 4) is 0 Å². The standard InChI is InChI=1S/C18H25BClNO3/c1-16(2)17(3,4)24-19(23-16)12-7-8-13(14(20)11-12)15(22)21-18(5)9-6-10-18/h7-8,11H,6,9-10H2,1-5H3,(H,21,22). The maximum Gasteiger partial charge on any atom is 0.494 e. The number of carbonyl (C=O) groups excluding carboxylic acids is 1. The van der Waals surface area contributed by atoms with Gasteiger partial charge in [0, 0.05) is 5.54 Å². The highest BCUT2D eigenvalue weighted by atomic mass is 35.5. The molecule has 2 aliphatic rings. The monoisotopic (exact) mass is 349 g/mol. The highest BCUT2D eigenvalue weighted by molar-refractivity contribution is 6.62.